The van der Waals surface area contributed by atoms with Gasteiger partial charge in [0.1, 0.15) is 4.90 Å². The van der Waals surface area contributed by atoms with Crippen molar-refractivity contribution in [2.45, 2.75) is 63.9 Å². The minimum absolute atomic E-state index is 0.0407. The van der Waals surface area contributed by atoms with E-state index in [-0.39, 0.29) is 18.4 Å². The molecular formula is C21H28N4O3S. The molecule has 7 nitrogen and oxygen atoms in total. The summed E-state index contributed by atoms with van der Waals surface area (Å²) < 4.78 is 29.2. The zero-order valence-electron chi connectivity index (χ0n) is 17.3. The van der Waals surface area contributed by atoms with Crippen molar-refractivity contribution in [1.29, 1.82) is 0 Å². The molecule has 0 saturated carbocycles. The van der Waals surface area contributed by atoms with Crippen LogP contribution in [0.2, 0.25) is 0 Å². The predicted octanol–water partition coefficient (Wildman–Crippen LogP) is 2.65. The summed E-state index contributed by atoms with van der Waals surface area (Å²) in [6.07, 6.45) is 2.94. The molecule has 3 heterocycles. The van der Waals surface area contributed by atoms with Crippen LogP contribution in [-0.2, 0) is 27.8 Å². The summed E-state index contributed by atoms with van der Waals surface area (Å²) in [5.74, 6) is 0.0407. The number of carbonyl (C=O) groups excluding carboxylic acids is 1. The van der Waals surface area contributed by atoms with Gasteiger partial charge in [0.05, 0.1) is 17.9 Å². The number of aromatic nitrogens is 2. The van der Waals surface area contributed by atoms with Gasteiger partial charge in [-0.05, 0) is 51.7 Å². The number of hydrogen-bond acceptors (Lipinski definition) is 4. The van der Waals surface area contributed by atoms with Crippen molar-refractivity contribution >= 4 is 21.6 Å². The Labute approximate surface area is 172 Å². The monoisotopic (exact) mass is 416 g/mol. The number of fused-ring (bicyclic) bond motifs is 1. The van der Waals surface area contributed by atoms with Gasteiger partial charge >= 0.3 is 0 Å². The lowest BCUT2D eigenvalue weighted by atomic mass is 10.1. The third-order valence-electron chi connectivity index (χ3n) is 5.99. The van der Waals surface area contributed by atoms with E-state index >= 15 is 0 Å². The van der Waals surface area contributed by atoms with Gasteiger partial charge in [-0.15, -0.1) is 0 Å². The molecule has 0 spiro atoms. The van der Waals surface area contributed by atoms with Crippen LogP contribution in [0.4, 0.5) is 5.69 Å². The molecule has 1 aromatic heterocycles. The quantitative estimate of drug-likeness (QED) is 0.751. The van der Waals surface area contributed by atoms with Gasteiger partial charge < -0.3 is 4.90 Å². The molecule has 1 fully saturated rings. The Balaban J connectivity index is 1.52. The number of sulfonamides is 1. The van der Waals surface area contributed by atoms with Gasteiger partial charge in [0.15, 0.2) is 0 Å². The first kappa shape index (κ1) is 20.1. The summed E-state index contributed by atoms with van der Waals surface area (Å²) in [7, 11) is -3.53. The van der Waals surface area contributed by atoms with E-state index in [0.717, 1.165) is 24.9 Å². The van der Waals surface area contributed by atoms with E-state index in [1.807, 2.05) is 23.1 Å². The van der Waals surface area contributed by atoms with Crippen LogP contribution < -0.4 is 4.90 Å². The first-order valence-corrected chi connectivity index (χ1v) is 11.7. The predicted molar refractivity (Wildman–Crippen MR) is 111 cm³/mol. The zero-order chi connectivity index (χ0) is 20.8. The van der Waals surface area contributed by atoms with E-state index in [9.17, 15) is 13.2 Å². The van der Waals surface area contributed by atoms with E-state index in [0.29, 0.717) is 35.9 Å². The van der Waals surface area contributed by atoms with Crippen LogP contribution >= 0.6 is 0 Å². The highest BCUT2D eigenvalue weighted by atomic mass is 32.2. The molecule has 2 aliphatic heterocycles. The summed E-state index contributed by atoms with van der Waals surface area (Å²) in [5.41, 5.74) is 3.29. The highest BCUT2D eigenvalue weighted by molar-refractivity contribution is 7.89. The summed E-state index contributed by atoms with van der Waals surface area (Å²) in [6, 6.07) is 8.13. The fourth-order valence-corrected chi connectivity index (χ4v) is 6.49. The molecule has 1 saturated heterocycles. The van der Waals surface area contributed by atoms with Crippen LogP contribution in [0.1, 0.15) is 43.1 Å². The van der Waals surface area contributed by atoms with Crippen LogP contribution in [0, 0.1) is 13.8 Å². The van der Waals surface area contributed by atoms with Gasteiger partial charge in [-0.1, -0.05) is 18.2 Å². The SMILES string of the molecule is Cc1nn(CCC(=O)N2c3ccccc3C[C@@H]2C)c(C)c1S(=O)(=O)N1CCCC1. The lowest BCUT2D eigenvalue weighted by Crippen LogP contribution is -2.36. The van der Waals surface area contributed by atoms with E-state index < -0.39 is 10.0 Å². The maximum Gasteiger partial charge on any atom is 0.246 e. The Kier molecular flexibility index (Phi) is 5.25. The van der Waals surface area contributed by atoms with Crippen molar-refractivity contribution in [3.05, 3.63) is 41.2 Å². The maximum absolute atomic E-state index is 13.0. The maximum atomic E-state index is 13.0. The number of rotatable bonds is 5. The third kappa shape index (κ3) is 3.48. The lowest BCUT2D eigenvalue weighted by molar-refractivity contribution is -0.119. The van der Waals surface area contributed by atoms with Gasteiger partial charge in [0.25, 0.3) is 0 Å². The average molecular weight is 417 g/mol. The molecule has 0 N–H and O–H groups in total. The number of amides is 1. The summed E-state index contributed by atoms with van der Waals surface area (Å²) in [5, 5.41) is 4.45. The normalized spacial score (nSPS) is 19.7. The summed E-state index contributed by atoms with van der Waals surface area (Å²) >= 11 is 0. The number of hydrogen-bond donors (Lipinski definition) is 0. The Morgan fingerprint density at radius 3 is 2.59 bits per heavy atom. The van der Waals surface area contributed by atoms with Crippen molar-refractivity contribution in [3.63, 3.8) is 0 Å². The molecule has 0 bridgehead atoms. The van der Waals surface area contributed by atoms with Crippen LogP contribution in [0.25, 0.3) is 0 Å². The number of benzene rings is 1. The molecule has 1 atom stereocenters. The molecule has 0 radical (unpaired) electrons. The molecule has 4 rings (SSSR count). The second-order valence-corrected chi connectivity index (χ2v) is 9.90. The van der Waals surface area contributed by atoms with Crippen LogP contribution in [-0.4, -0.2) is 47.5 Å². The molecule has 0 unspecified atom stereocenters. The van der Waals surface area contributed by atoms with Crippen LogP contribution in [0.5, 0.6) is 0 Å². The average Bonchev–Trinajstić information content (AvgIpc) is 3.37. The molecule has 1 aromatic carbocycles. The molecule has 8 heteroatoms. The highest BCUT2D eigenvalue weighted by Gasteiger charge is 2.33. The van der Waals surface area contributed by atoms with E-state index in [2.05, 4.69) is 18.1 Å². The van der Waals surface area contributed by atoms with Crippen molar-refractivity contribution < 1.29 is 13.2 Å². The van der Waals surface area contributed by atoms with E-state index in [1.54, 1.807) is 22.8 Å². The molecule has 29 heavy (non-hydrogen) atoms. The Bertz CT molecular complexity index is 1040. The Morgan fingerprint density at radius 1 is 1.17 bits per heavy atom. The zero-order valence-corrected chi connectivity index (χ0v) is 18.1. The molecule has 2 aliphatic rings. The first-order chi connectivity index (χ1) is 13.8. The standard InChI is InChI=1S/C21H28N4O3S/c1-15-14-18-8-4-5-9-19(18)25(15)20(26)10-13-24-17(3)21(16(2)22-24)29(27,28)23-11-6-7-12-23/h4-5,8-9,15H,6-7,10-14H2,1-3H3/t15-/m0/s1. The van der Waals surface area contributed by atoms with E-state index in [1.165, 1.54) is 5.56 Å². The third-order valence-corrected chi connectivity index (χ3v) is 8.14. The highest BCUT2D eigenvalue weighted by Crippen LogP contribution is 2.32. The number of para-hydroxylation sites is 1. The van der Waals surface area contributed by atoms with E-state index in [4.69, 9.17) is 0 Å². The van der Waals surface area contributed by atoms with Crippen molar-refractivity contribution in [2.24, 2.45) is 0 Å². The Morgan fingerprint density at radius 2 is 1.86 bits per heavy atom. The summed E-state index contributed by atoms with van der Waals surface area (Å²) in [6.45, 7) is 7.07. The van der Waals surface area contributed by atoms with Gasteiger partial charge in [0.2, 0.25) is 15.9 Å². The van der Waals surface area contributed by atoms with Crippen molar-refractivity contribution in [3.8, 4) is 0 Å². The fraction of sp³-hybridized carbons (Fsp3) is 0.524. The summed E-state index contributed by atoms with van der Waals surface area (Å²) in [4.78, 5) is 15.1. The minimum Gasteiger partial charge on any atom is -0.309 e. The molecular weight excluding hydrogens is 388 g/mol. The van der Waals surface area contributed by atoms with Crippen LogP contribution in [0.15, 0.2) is 29.2 Å². The minimum atomic E-state index is -3.53. The Hall–Kier alpha value is -2.19. The van der Waals surface area contributed by atoms with Gasteiger partial charge in [0, 0.05) is 31.2 Å². The molecule has 0 aliphatic carbocycles. The fourth-order valence-electron chi connectivity index (χ4n) is 4.60. The second kappa shape index (κ2) is 7.57. The van der Waals surface area contributed by atoms with Crippen molar-refractivity contribution in [2.75, 3.05) is 18.0 Å². The van der Waals surface area contributed by atoms with Crippen LogP contribution in [0.3, 0.4) is 0 Å². The first-order valence-electron chi connectivity index (χ1n) is 10.2. The topological polar surface area (TPSA) is 75.5 Å². The van der Waals surface area contributed by atoms with Crippen molar-refractivity contribution in [1.82, 2.24) is 14.1 Å². The molecule has 2 aromatic rings. The van der Waals surface area contributed by atoms with Gasteiger partial charge in [-0.2, -0.15) is 9.40 Å². The second-order valence-electron chi connectivity index (χ2n) is 8.03. The number of anilines is 1. The largest absolute Gasteiger partial charge is 0.309 e. The number of nitrogens with zero attached hydrogens (tertiary/aromatic N) is 4. The molecule has 156 valence electrons. The smallest absolute Gasteiger partial charge is 0.246 e. The van der Waals surface area contributed by atoms with Gasteiger partial charge in [-0.3, -0.25) is 9.48 Å². The van der Waals surface area contributed by atoms with Gasteiger partial charge in [-0.25, -0.2) is 8.42 Å². The lowest BCUT2D eigenvalue weighted by Gasteiger charge is -2.23. The number of carbonyl (C=O) groups is 1. The molecule has 1 amide bonds. The number of aryl methyl sites for hydroxylation is 2.